The summed E-state index contributed by atoms with van der Waals surface area (Å²) in [6.45, 7) is 2.04. The van der Waals surface area contributed by atoms with Crippen molar-refractivity contribution >= 4 is 27.3 Å². The zero-order valence-corrected chi connectivity index (χ0v) is 12.3. The third-order valence-electron chi connectivity index (χ3n) is 2.77. The number of rotatable bonds is 4. The molecule has 3 nitrogen and oxygen atoms in total. The molecule has 0 amide bonds. The van der Waals surface area contributed by atoms with Gasteiger partial charge in [-0.3, -0.25) is 0 Å². The van der Waals surface area contributed by atoms with Crippen LogP contribution in [-0.4, -0.2) is 14.7 Å². The maximum absolute atomic E-state index is 10.1. The SMILES string of the molecule is Cc1cc(C(O)CCc2nccn2C)sc1Br. The maximum atomic E-state index is 10.1. The van der Waals surface area contributed by atoms with Crippen LogP contribution in [0.25, 0.3) is 0 Å². The maximum Gasteiger partial charge on any atom is 0.108 e. The molecule has 2 rings (SSSR count). The van der Waals surface area contributed by atoms with Gasteiger partial charge in [0.15, 0.2) is 0 Å². The third-order valence-corrected chi connectivity index (χ3v) is 5.00. The molecule has 0 aliphatic heterocycles. The number of hydrogen-bond donors (Lipinski definition) is 1. The first-order chi connectivity index (χ1) is 8.08. The molecule has 2 heterocycles. The van der Waals surface area contributed by atoms with E-state index in [0.717, 1.165) is 20.9 Å². The highest BCUT2D eigenvalue weighted by molar-refractivity contribution is 9.11. The Balaban J connectivity index is 1.98. The van der Waals surface area contributed by atoms with Gasteiger partial charge in [0.25, 0.3) is 0 Å². The number of nitrogens with zero attached hydrogens (tertiary/aromatic N) is 2. The Morgan fingerprint density at radius 1 is 1.59 bits per heavy atom. The summed E-state index contributed by atoms with van der Waals surface area (Å²) in [6.07, 6.45) is 4.80. The molecule has 17 heavy (non-hydrogen) atoms. The summed E-state index contributed by atoms with van der Waals surface area (Å²) in [5.41, 5.74) is 1.18. The lowest BCUT2D eigenvalue weighted by Crippen LogP contribution is -2.02. The van der Waals surface area contributed by atoms with E-state index in [4.69, 9.17) is 0 Å². The molecule has 1 atom stereocenters. The number of aliphatic hydroxyl groups excluding tert-OH is 1. The van der Waals surface area contributed by atoms with Crippen molar-refractivity contribution in [3.05, 3.63) is 38.5 Å². The summed E-state index contributed by atoms with van der Waals surface area (Å²) >= 11 is 5.08. The van der Waals surface area contributed by atoms with Crippen LogP contribution in [0.1, 0.15) is 28.8 Å². The first-order valence-corrected chi connectivity index (χ1v) is 7.09. The fourth-order valence-electron chi connectivity index (χ4n) is 1.69. The van der Waals surface area contributed by atoms with Gasteiger partial charge in [0.1, 0.15) is 5.82 Å². The van der Waals surface area contributed by atoms with Crippen LogP contribution >= 0.6 is 27.3 Å². The standard InChI is InChI=1S/C12H15BrN2OS/c1-8-7-10(17-12(8)13)9(16)3-4-11-14-5-6-15(11)2/h5-7,9,16H,3-4H2,1-2H3. The molecule has 0 fully saturated rings. The summed E-state index contributed by atoms with van der Waals surface area (Å²) in [7, 11) is 1.97. The van der Waals surface area contributed by atoms with Crippen LogP contribution in [0.2, 0.25) is 0 Å². The average molecular weight is 315 g/mol. The van der Waals surface area contributed by atoms with Crippen molar-refractivity contribution in [2.45, 2.75) is 25.9 Å². The van der Waals surface area contributed by atoms with Gasteiger partial charge in [0.05, 0.1) is 9.89 Å². The molecule has 92 valence electrons. The second kappa shape index (κ2) is 5.33. The lowest BCUT2D eigenvalue weighted by molar-refractivity contribution is 0.170. The van der Waals surface area contributed by atoms with Crippen LogP contribution in [0.3, 0.4) is 0 Å². The molecule has 0 aliphatic carbocycles. The highest BCUT2D eigenvalue weighted by Gasteiger charge is 2.13. The third kappa shape index (κ3) is 2.97. The lowest BCUT2D eigenvalue weighted by Gasteiger charge is -2.08. The van der Waals surface area contributed by atoms with E-state index in [9.17, 15) is 5.11 Å². The Morgan fingerprint density at radius 3 is 2.88 bits per heavy atom. The van der Waals surface area contributed by atoms with Gasteiger partial charge >= 0.3 is 0 Å². The molecule has 1 N–H and O–H groups in total. The fourth-order valence-corrected chi connectivity index (χ4v) is 3.28. The minimum atomic E-state index is -0.401. The predicted molar refractivity (Wildman–Crippen MR) is 73.2 cm³/mol. The van der Waals surface area contributed by atoms with Gasteiger partial charge in [0, 0.05) is 30.7 Å². The summed E-state index contributed by atoms with van der Waals surface area (Å²) in [6, 6.07) is 2.04. The van der Waals surface area contributed by atoms with Crippen molar-refractivity contribution in [1.82, 2.24) is 9.55 Å². The van der Waals surface area contributed by atoms with Crippen molar-refractivity contribution in [2.75, 3.05) is 0 Å². The van der Waals surface area contributed by atoms with E-state index in [2.05, 4.69) is 20.9 Å². The van der Waals surface area contributed by atoms with Gasteiger partial charge in [-0.25, -0.2) is 4.98 Å². The molecule has 2 aromatic rings. The first kappa shape index (κ1) is 12.8. The minimum absolute atomic E-state index is 0.401. The molecule has 0 saturated carbocycles. The number of aliphatic hydroxyl groups is 1. The van der Waals surface area contributed by atoms with Crippen molar-refractivity contribution in [1.29, 1.82) is 0 Å². The van der Waals surface area contributed by atoms with E-state index in [1.807, 2.05) is 30.8 Å². The number of imidazole rings is 1. The molecular formula is C12H15BrN2OS. The van der Waals surface area contributed by atoms with Gasteiger partial charge < -0.3 is 9.67 Å². The van der Waals surface area contributed by atoms with Crippen LogP contribution < -0.4 is 0 Å². The van der Waals surface area contributed by atoms with E-state index in [0.29, 0.717) is 6.42 Å². The van der Waals surface area contributed by atoms with Gasteiger partial charge in [-0.1, -0.05) is 0 Å². The van der Waals surface area contributed by atoms with Crippen LogP contribution in [-0.2, 0) is 13.5 Å². The molecule has 0 bridgehead atoms. The Morgan fingerprint density at radius 2 is 2.35 bits per heavy atom. The lowest BCUT2D eigenvalue weighted by atomic mass is 10.1. The van der Waals surface area contributed by atoms with E-state index >= 15 is 0 Å². The van der Waals surface area contributed by atoms with E-state index in [1.54, 1.807) is 17.5 Å². The van der Waals surface area contributed by atoms with Crippen molar-refractivity contribution in [3.8, 4) is 0 Å². The van der Waals surface area contributed by atoms with Crippen LogP contribution in [0.4, 0.5) is 0 Å². The van der Waals surface area contributed by atoms with Gasteiger partial charge in [-0.05, 0) is 40.9 Å². The Hall–Kier alpha value is -0.650. The predicted octanol–water partition coefficient (Wildman–Crippen LogP) is 3.22. The summed E-state index contributed by atoms with van der Waals surface area (Å²) in [5.74, 6) is 1.01. The largest absolute Gasteiger partial charge is 0.388 e. The van der Waals surface area contributed by atoms with Crippen LogP contribution in [0.5, 0.6) is 0 Å². The topological polar surface area (TPSA) is 38.1 Å². The van der Waals surface area contributed by atoms with E-state index in [-0.39, 0.29) is 0 Å². The number of aromatic nitrogens is 2. The summed E-state index contributed by atoms with van der Waals surface area (Å²) in [4.78, 5) is 5.27. The van der Waals surface area contributed by atoms with Gasteiger partial charge in [0.2, 0.25) is 0 Å². The zero-order chi connectivity index (χ0) is 12.4. The molecule has 0 radical (unpaired) electrons. The Kier molecular flexibility index (Phi) is 4.01. The van der Waals surface area contributed by atoms with Crippen LogP contribution in [0, 0.1) is 6.92 Å². The van der Waals surface area contributed by atoms with Gasteiger partial charge in [-0.15, -0.1) is 11.3 Å². The molecule has 5 heteroatoms. The van der Waals surface area contributed by atoms with Crippen molar-refractivity contribution < 1.29 is 5.11 Å². The number of hydrogen-bond acceptors (Lipinski definition) is 3. The number of thiophene rings is 1. The molecule has 1 unspecified atom stereocenters. The number of aryl methyl sites for hydroxylation is 3. The molecular weight excluding hydrogens is 300 g/mol. The molecule has 0 spiro atoms. The summed E-state index contributed by atoms with van der Waals surface area (Å²) in [5, 5.41) is 10.1. The second-order valence-electron chi connectivity index (χ2n) is 4.11. The van der Waals surface area contributed by atoms with Crippen molar-refractivity contribution in [2.24, 2.45) is 7.05 Å². The van der Waals surface area contributed by atoms with Crippen LogP contribution in [0.15, 0.2) is 22.2 Å². The normalized spacial score (nSPS) is 12.9. The molecule has 0 aliphatic rings. The monoisotopic (exact) mass is 314 g/mol. The highest BCUT2D eigenvalue weighted by Crippen LogP contribution is 2.32. The average Bonchev–Trinajstić information content (AvgIpc) is 2.83. The summed E-state index contributed by atoms with van der Waals surface area (Å²) < 4.78 is 3.09. The quantitative estimate of drug-likeness (QED) is 0.941. The fraction of sp³-hybridized carbons (Fsp3) is 0.417. The van der Waals surface area contributed by atoms with E-state index < -0.39 is 6.10 Å². The Labute approximate surface area is 113 Å². The molecule has 0 aromatic carbocycles. The highest BCUT2D eigenvalue weighted by atomic mass is 79.9. The second-order valence-corrected chi connectivity index (χ2v) is 6.52. The smallest absolute Gasteiger partial charge is 0.108 e. The van der Waals surface area contributed by atoms with Gasteiger partial charge in [-0.2, -0.15) is 0 Å². The zero-order valence-electron chi connectivity index (χ0n) is 9.85. The number of halogens is 1. The first-order valence-electron chi connectivity index (χ1n) is 5.48. The molecule has 0 saturated heterocycles. The van der Waals surface area contributed by atoms with Crippen molar-refractivity contribution in [3.63, 3.8) is 0 Å². The Bertz CT molecular complexity index is 487. The minimum Gasteiger partial charge on any atom is -0.388 e. The van der Waals surface area contributed by atoms with E-state index in [1.165, 1.54) is 5.56 Å². The molecule has 2 aromatic heterocycles.